The molecule has 2 aromatic carbocycles. The summed E-state index contributed by atoms with van der Waals surface area (Å²) < 4.78 is 25.8. The number of benzene rings is 2. The summed E-state index contributed by atoms with van der Waals surface area (Å²) in [5.41, 5.74) is 3.77. The van der Waals surface area contributed by atoms with Gasteiger partial charge in [0.2, 0.25) is 0 Å². The minimum atomic E-state index is -0.429. The van der Waals surface area contributed by atoms with Gasteiger partial charge in [0.15, 0.2) is 5.69 Å². The minimum absolute atomic E-state index is 0.0531. The molecule has 4 aromatic rings. The van der Waals surface area contributed by atoms with Crippen molar-refractivity contribution >= 4 is 23.2 Å². The van der Waals surface area contributed by atoms with Gasteiger partial charge in [-0.05, 0) is 62.7 Å². The monoisotopic (exact) mass is 468 g/mol. The van der Waals surface area contributed by atoms with Crippen molar-refractivity contribution in [2.24, 2.45) is 0 Å². The second-order valence-corrected chi connectivity index (χ2v) is 8.03. The van der Waals surface area contributed by atoms with Gasteiger partial charge in [-0.2, -0.15) is 5.10 Å². The fourth-order valence-electron chi connectivity index (χ4n) is 3.39. The Bertz CT molecular complexity index is 1280. The van der Waals surface area contributed by atoms with Crippen molar-refractivity contribution in [3.8, 4) is 5.75 Å². The van der Waals surface area contributed by atoms with E-state index >= 15 is 0 Å². The highest BCUT2D eigenvalue weighted by atomic mass is 35.5. The third-order valence-corrected chi connectivity index (χ3v) is 5.51. The summed E-state index contributed by atoms with van der Waals surface area (Å²) in [5.74, 6) is 0.153. The molecule has 0 aliphatic heterocycles. The summed E-state index contributed by atoms with van der Waals surface area (Å²) in [6, 6.07) is 13.2. The molecule has 0 spiro atoms. The molecule has 33 heavy (non-hydrogen) atoms. The zero-order valence-electron chi connectivity index (χ0n) is 18.4. The molecule has 0 unspecified atom stereocenters. The van der Waals surface area contributed by atoms with E-state index in [1.807, 2.05) is 42.8 Å². The van der Waals surface area contributed by atoms with E-state index in [0.29, 0.717) is 40.0 Å². The molecule has 7 nitrogen and oxygen atoms in total. The van der Waals surface area contributed by atoms with Crippen molar-refractivity contribution < 1.29 is 18.4 Å². The fourth-order valence-corrected chi connectivity index (χ4v) is 3.52. The van der Waals surface area contributed by atoms with Gasteiger partial charge in [0, 0.05) is 5.02 Å². The van der Waals surface area contributed by atoms with E-state index in [0.717, 1.165) is 11.3 Å². The van der Waals surface area contributed by atoms with Crippen LogP contribution in [0.5, 0.6) is 5.75 Å². The van der Waals surface area contributed by atoms with Crippen LogP contribution >= 0.6 is 11.6 Å². The van der Waals surface area contributed by atoms with Crippen LogP contribution < -0.4 is 10.1 Å². The van der Waals surface area contributed by atoms with Crippen molar-refractivity contribution in [2.75, 3.05) is 5.32 Å². The Labute approximate surface area is 195 Å². The number of aromatic nitrogens is 3. The molecular weight excluding hydrogens is 447 g/mol. The number of rotatable bonds is 7. The van der Waals surface area contributed by atoms with E-state index in [1.165, 1.54) is 24.3 Å². The van der Waals surface area contributed by atoms with E-state index in [9.17, 15) is 9.18 Å². The van der Waals surface area contributed by atoms with Crippen LogP contribution in [-0.4, -0.2) is 20.8 Å². The van der Waals surface area contributed by atoms with E-state index in [4.69, 9.17) is 20.9 Å². The first-order valence-electron chi connectivity index (χ1n) is 10.2. The zero-order valence-corrected chi connectivity index (χ0v) is 19.1. The van der Waals surface area contributed by atoms with Gasteiger partial charge in [-0.15, -0.1) is 0 Å². The largest absolute Gasteiger partial charge is 0.489 e. The number of nitrogens with one attached hydrogen (secondary N) is 1. The fraction of sp³-hybridized carbons (Fsp3) is 0.208. The Morgan fingerprint density at radius 2 is 1.82 bits per heavy atom. The average Bonchev–Trinajstić information content (AvgIpc) is 3.29. The van der Waals surface area contributed by atoms with Crippen LogP contribution in [-0.2, 0) is 13.2 Å². The predicted octanol–water partition coefficient (Wildman–Crippen LogP) is 5.47. The standard InChI is InChI=1S/C24H22ClFN4O3/c1-14-22(15(2)30(28-14)12-17-4-6-18(25)7-5-17)27-24(31)23-21(16(3)33-29-23)13-32-20-10-8-19(26)9-11-20/h4-11H,12-13H2,1-3H3,(H,27,31). The lowest BCUT2D eigenvalue weighted by molar-refractivity contribution is 0.101. The molecule has 0 radical (unpaired) electrons. The third-order valence-electron chi connectivity index (χ3n) is 5.26. The summed E-state index contributed by atoms with van der Waals surface area (Å²) in [6.07, 6.45) is 0. The molecular formula is C24H22ClFN4O3. The topological polar surface area (TPSA) is 82.2 Å². The third kappa shape index (κ3) is 5.06. The molecule has 1 amide bonds. The van der Waals surface area contributed by atoms with Gasteiger partial charge in [0.1, 0.15) is 23.9 Å². The number of hydrogen-bond acceptors (Lipinski definition) is 5. The van der Waals surface area contributed by atoms with Crippen LogP contribution in [0.3, 0.4) is 0 Å². The van der Waals surface area contributed by atoms with E-state index in [-0.39, 0.29) is 18.1 Å². The predicted molar refractivity (Wildman–Crippen MR) is 122 cm³/mol. The normalized spacial score (nSPS) is 10.9. The van der Waals surface area contributed by atoms with Crippen LogP contribution in [0.25, 0.3) is 0 Å². The molecule has 0 fully saturated rings. The van der Waals surface area contributed by atoms with Gasteiger partial charge in [-0.1, -0.05) is 28.9 Å². The van der Waals surface area contributed by atoms with E-state index < -0.39 is 5.91 Å². The molecule has 0 saturated carbocycles. The van der Waals surface area contributed by atoms with Crippen molar-refractivity contribution in [1.29, 1.82) is 0 Å². The summed E-state index contributed by atoms with van der Waals surface area (Å²) in [5, 5.41) is 12.0. The van der Waals surface area contributed by atoms with Gasteiger partial charge in [-0.25, -0.2) is 4.39 Å². The molecule has 0 bridgehead atoms. The number of ether oxygens (including phenoxy) is 1. The van der Waals surface area contributed by atoms with Gasteiger partial charge >= 0.3 is 0 Å². The zero-order chi connectivity index (χ0) is 23.5. The molecule has 170 valence electrons. The molecule has 2 aromatic heterocycles. The van der Waals surface area contributed by atoms with Crippen molar-refractivity contribution in [1.82, 2.24) is 14.9 Å². The number of anilines is 1. The van der Waals surface area contributed by atoms with Crippen molar-refractivity contribution in [3.05, 3.63) is 93.3 Å². The van der Waals surface area contributed by atoms with E-state index in [2.05, 4.69) is 15.6 Å². The van der Waals surface area contributed by atoms with Crippen LogP contribution in [0.15, 0.2) is 53.1 Å². The molecule has 9 heteroatoms. The molecule has 1 N–H and O–H groups in total. The van der Waals surface area contributed by atoms with Gasteiger partial charge in [-0.3, -0.25) is 9.48 Å². The molecule has 2 heterocycles. The summed E-state index contributed by atoms with van der Waals surface area (Å²) in [6.45, 7) is 6.01. The Morgan fingerprint density at radius 3 is 2.52 bits per heavy atom. The number of carbonyl (C=O) groups is 1. The first-order chi connectivity index (χ1) is 15.8. The van der Waals surface area contributed by atoms with Gasteiger partial charge in [0.25, 0.3) is 5.91 Å². The highest BCUT2D eigenvalue weighted by molar-refractivity contribution is 6.30. The number of hydrogen-bond donors (Lipinski definition) is 1. The molecule has 0 atom stereocenters. The Kier molecular flexibility index (Phi) is 6.46. The number of amides is 1. The molecule has 0 aliphatic rings. The van der Waals surface area contributed by atoms with Crippen LogP contribution in [0.2, 0.25) is 5.02 Å². The number of nitrogens with zero attached hydrogens (tertiary/aromatic N) is 3. The Balaban J connectivity index is 1.50. The van der Waals surface area contributed by atoms with Crippen molar-refractivity contribution in [2.45, 2.75) is 33.9 Å². The average molecular weight is 469 g/mol. The summed E-state index contributed by atoms with van der Waals surface area (Å²) in [4.78, 5) is 13.0. The maximum atomic E-state index is 13.1. The SMILES string of the molecule is Cc1nn(Cc2ccc(Cl)cc2)c(C)c1NC(=O)c1noc(C)c1COc1ccc(F)cc1. The first kappa shape index (κ1) is 22.5. The summed E-state index contributed by atoms with van der Waals surface area (Å²) >= 11 is 5.96. The molecule has 4 rings (SSSR count). The summed E-state index contributed by atoms with van der Waals surface area (Å²) in [7, 11) is 0. The lowest BCUT2D eigenvalue weighted by atomic mass is 10.2. The number of aryl methyl sites for hydroxylation is 2. The lowest BCUT2D eigenvalue weighted by Crippen LogP contribution is -2.16. The van der Waals surface area contributed by atoms with Crippen LogP contribution in [0, 0.1) is 26.6 Å². The smallest absolute Gasteiger partial charge is 0.278 e. The second kappa shape index (κ2) is 9.46. The highest BCUT2D eigenvalue weighted by Gasteiger charge is 2.23. The van der Waals surface area contributed by atoms with Crippen LogP contribution in [0.4, 0.5) is 10.1 Å². The van der Waals surface area contributed by atoms with Gasteiger partial charge < -0.3 is 14.6 Å². The molecule has 0 aliphatic carbocycles. The maximum Gasteiger partial charge on any atom is 0.278 e. The Morgan fingerprint density at radius 1 is 1.12 bits per heavy atom. The van der Waals surface area contributed by atoms with Crippen LogP contribution in [0.1, 0.15) is 38.8 Å². The Hall–Kier alpha value is -3.65. The number of carbonyl (C=O) groups excluding carboxylic acids is 1. The lowest BCUT2D eigenvalue weighted by Gasteiger charge is -2.08. The maximum absolute atomic E-state index is 13.1. The van der Waals surface area contributed by atoms with Gasteiger partial charge in [0.05, 0.1) is 29.2 Å². The second-order valence-electron chi connectivity index (χ2n) is 7.59. The van der Waals surface area contributed by atoms with Crippen molar-refractivity contribution in [3.63, 3.8) is 0 Å². The minimum Gasteiger partial charge on any atom is -0.489 e. The highest BCUT2D eigenvalue weighted by Crippen LogP contribution is 2.24. The number of halogens is 2. The van der Waals surface area contributed by atoms with E-state index in [1.54, 1.807) is 6.92 Å². The molecule has 0 saturated heterocycles. The first-order valence-corrected chi connectivity index (χ1v) is 10.6. The quantitative estimate of drug-likeness (QED) is 0.389.